The van der Waals surface area contributed by atoms with Gasteiger partial charge in [0.1, 0.15) is 0 Å². The summed E-state index contributed by atoms with van der Waals surface area (Å²) in [6.07, 6.45) is 3.40. The summed E-state index contributed by atoms with van der Waals surface area (Å²) < 4.78 is 5.57. The van der Waals surface area contributed by atoms with Crippen LogP contribution in [0.15, 0.2) is 36.5 Å². The number of ether oxygens (including phenoxy) is 1. The van der Waals surface area contributed by atoms with Gasteiger partial charge in [-0.15, -0.1) is 0 Å². The monoisotopic (exact) mass is 393 g/mol. The van der Waals surface area contributed by atoms with Crippen LogP contribution >= 0.6 is 0 Å². The van der Waals surface area contributed by atoms with Gasteiger partial charge in [-0.1, -0.05) is 0 Å². The van der Waals surface area contributed by atoms with Crippen LogP contribution in [0, 0.1) is 10.8 Å². The van der Waals surface area contributed by atoms with Crippen molar-refractivity contribution in [1.82, 2.24) is 10.3 Å². The molecule has 3 heterocycles. The minimum atomic E-state index is -0.273. The highest BCUT2D eigenvalue weighted by molar-refractivity contribution is 6.14. The smallest absolute Gasteiger partial charge is 0.234 e. The number of carbonyl (C=O) groups is 1. The summed E-state index contributed by atoms with van der Waals surface area (Å²) >= 11 is 0. The average Bonchev–Trinajstić information content (AvgIpc) is 3.30. The van der Waals surface area contributed by atoms with Gasteiger partial charge >= 0.3 is 0 Å². The van der Waals surface area contributed by atoms with E-state index in [0.29, 0.717) is 29.2 Å². The van der Waals surface area contributed by atoms with E-state index in [0.717, 1.165) is 31.6 Å². The van der Waals surface area contributed by atoms with Gasteiger partial charge in [0, 0.05) is 47.9 Å². The topological polar surface area (TPSA) is 104 Å². The summed E-state index contributed by atoms with van der Waals surface area (Å²) in [6, 6.07) is 9.04. The zero-order valence-corrected chi connectivity index (χ0v) is 16.9. The highest BCUT2D eigenvalue weighted by Gasteiger charge is 2.48. The summed E-state index contributed by atoms with van der Waals surface area (Å²) in [5.74, 6) is 0.693. The Morgan fingerprint density at radius 3 is 2.79 bits per heavy atom. The molecule has 4 rings (SSSR count). The molecule has 0 saturated carbocycles. The zero-order chi connectivity index (χ0) is 20.6. The van der Waals surface area contributed by atoms with Crippen LogP contribution in [0.2, 0.25) is 0 Å². The molecule has 4 N–H and O–H groups in total. The third kappa shape index (κ3) is 3.58. The fraction of sp³-hybridized carbons (Fsp3) is 0.409. The molecule has 2 saturated heterocycles. The molecule has 1 spiro atoms. The number of benzene rings is 1. The third-order valence-corrected chi connectivity index (χ3v) is 5.76. The molecule has 0 bridgehead atoms. The molecule has 1 atom stereocenters. The van der Waals surface area contributed by atoms with Gasteiger partial charge in [-0.05, 0) is 57.5 Å². The number of nitrogens with two attached hydrogens (primary N) is 1. The molecule has 2 aromatic rings. The molecule has 7 heteroatoms. The van der Waals surface area contributed by atoms with Crippen molar-refractivity contribution >= 4 is 23.0 Å². The Morgan fingerprint density at radius 2 is 2.14 bits per heavy atom. The van der Waals surface area contributed by atoms with Crippen LogP contribution in [0.1, 0.15) is 37.8 Å². The fourth-order valence-electron chi connectivity index (χ4n) is 4.13. The first-order valence-corrected chi connectivity index (χ1v) is 10.0. The molecular weight excluding hydrogens is 366 g/mol. The fourth-order valence-corrected chi connectivity index (χ4v) is 4.13. The second-order valence-electron chi connectivity index (χ2n) is 8.11. The number of carbonyl (C=O) groups excluding carboxylic acids is 1. The van der Waals surface area contributed by atoms with E-state index in [1.807, 2.05) is 30.9 Å². The van der Waals surface area contributed by atoms with E-state index in [-0.39, 0.29) is 23.1 Å². The summed E-state index contributed by atoms with van der Waals surface area (Å²) in [7, 11) is 0. The number of hydrogen-bond acceptors (Lipinski definition) is 6. The number of nitrogen functional groups attached to an aromatic ring is 1. The number of aromatic nitrogens is 1. The lowest BCUT2D eigenvalue weighted by atomic mass is 9.86. The van der Waals surface area contributed by atoms with Gasteiger partial charge in [-0.3, -0.25) is 10.2 Å². The van der Waals surface area contributed by atoms with Crippen molar-refractivity contribution in [3.05, 3.63) is 47.7 Å². The maximum atomic E-state index is 13.1. The molecule has 1 unspecified atom stereocenters. The van der Waals surface area contributed by atoms with Gasteiger partial charge in [0.15, 0.2) is 0 Å². The van der Waals surface area contributed by atoms with E-state index >= 15 is 0 Å². The Balaban J connectivity index is 1.59. The quantitative estimate of drug-likeness (QED) is 0.535. The summed E-state index contributed by atoms with van der Waals surface area (Å²) in [6.45, 7) is 6.21. The van der Waals surface area contributed by atoms with E-state index in [1.165, 1.54) is 0 Å². The zero-order valence-electron chi connectivity index (χ0n) is 16.9. The highest BCUT2D eigenvalue weighted by atomic mass is 16.5. The number of anilines is 2. The Labute approximate surface area is 170 Å². The number of nitrogens with zero attached hydrogens (tertiary/aromatic N) is 2. The van der Waals surface area contributed by atoms with Gasteiger partial charge in [0.2, 0.25) is 11.8 Å². The molecule has 29 heavy (non-hydrogen) atoms. The van der Waals surface area contributed by atoms with E-state index in [4.69, 9.17) is 15.9 Å². The van der Waals surface area contributed by atoms with Crippen LogP contribution in [-0.4, -0.2) is 42.3 Å². The van der Waals surface area contributed by atoms with E-state index < -0.39 is 0 Å². The van der Waals surface area contributed by atoms with Gasteiger partial charge < -0.3 is 20.7 Å². The Hall–Kier alpha value is -2.93. The van der Waals surface area contributed by atoms with Crippen LogP contribution < -0.4 is 20.7 Å². The first kappa shape index (κ1) is 19.4. The molecule has 1 aromatic carbocycles. The lowest BCUT2D eigenvalue weighted by molar-refractivity contribution is -0.124. The minimum absolute atomic E-state index is 0.0384. The molecule has 2 fully saturated rings. The Morgan fingerprint density at radius 1 is 1.31 bits per heavy atom. The summed E-state index contributed by atoms with van der Waals surface area (Å²) in [5, 5.41) is 11.9. The standard InChI is InChI=1S/C22H27N5O2/c1-14(2)29-19-6-3-15(12-26-19)20(24)17-11-16(4-5-18(17)23)27-10-8-22(21(27)28)7-9-25-13-22/h3-6,11-12,14,24-25H,7-10,13,23H2,1-2H3. The summed E-state index contributed by atoms with van der Waals surface area (Å²) in [4.78, 5) is 19.2. The van der Waals surface area contributed by atoms with Gasteiger partial charge in [-0.25, -0.2) is 4.98 Å². The number of nitrogens with one attached hydrogen (secondary N) is 2. The average molecular weight is 393 g/mol. The molecule has 2 aliphatic heterocycles. The van der Waals surface area contributed by atoms with Gasteiger partial charge in [0.05, 0.1) is 17.2 Å². The third-order valence-electron chi connectivity index (χ3n) is 5.76. The van der Waals surface area contributed by atoms with Crippen LogP contribution in [0.25, 0.3) is 0 Å². The van der Waals surface area contributed by atoms with Crippen molar-refractivity contribution in [2.24, 2.45) is 5.41 Å². The van der Waals surface area contributed by atoms with Gasteiger partial charge in [-0.2, -0.15) is 0 Å². The second-order valence-corrected chi connectivity index (χ2v) is 8.11. The molecule has 1 aromatic heterocycles. The van der Waals surface area contributed by atoms with Gasteiger partial charge in [0.25, 0.3) is 0 Å². The van der Waals surface area contributed by atoms with Crippen LogP contribution in [0.4, 0.5) is 11.4 Å². The van der Waals surface area contributed by atoms with Crippen LogP contribution in [0.5, 0.6) is 5.88 Å². The molecule has 152 valence electrons. The highest BCUT2D eigenvalue weighted by Crippen LogP contribution is 2.40. The largest absolute Gasteiger partial charge is 0.475 e. The number of hydrogen-bond donors (Lipinski definition) is 3. The van der Waals surface area contributed by atoms with Crippen molar-refractivity contribution in [3.63, 3.8) is 0 Å². The second kappa shape index (κ2) is 7.48. The summed E-state index contributed by atoms with van der Waals surface area (Å²) in [5.41, 5.74) is 8.72. The van der Waals surface area contributed by atoms with Crippen molar-refractivity contribution in [3.8, 4) is 5.88 Å². The van der Waals surface area contributed by atoms with Crippen molar-refractivity contribution < 1.29 is 9.53 Å². The maximum absolute atomic E-state index is 13.1. The molecule has 2 aliphatic rings. The molecule has 0 radical (unpaired) electrons. The lowest BCUT2D eigenvalue weighted by Crippen LogP contribution is -2.36. The Bertz CT molecular complexity index is 933. The molecule has 7 nitrogen and oxygen atoms in total. The maximum Gasteiger partial charge on any atom is 0.234 e. The van der Waals surface area contributed by atoms with Crippen molar-refractivity contribution in [2.45, 2.75) is 32.8 Å². The number of pyridine rings is 1. The minimum Gasteiger partial charge on any atom is -0.475 e. The molecule has 1 amide bonds. The first-order valence-electron chi connectivity index (χ1n) is 10.0. The number of rotatable bonds is 5. The van der Waals surface area contributed by atoms with E-state index in [9.17, 15) is 4.79 Å². The predicted molar refractivity (Wildman–Crippen MR) is 114 cm³/mol. The normalized spacial score (nSPS) is 21.3. The number of amides is 1. The lowest BCUT2D eigenvalue weighted by Gasteiger charge is -2.23. The molecular formula is C22H27N5O2. The van der Waals surface area contributed by atoms with Crippen molar-refractivity contribution in [2.75, 3.05) is 30.3 Å². The first-order chi connectivity index (χ1) is 13.9. The van der Waals surface area contributed by atoms with Crippen LogP contribution in [0.3, 0.4) is 0 Å². The predicted octanol–water partition coefficient (Wildman–Crippen LogP) is 2.58. The van der Waals surface area contributed by atoms with E-state index in [1.54, 1.807) is 24.4 Å². The Kier molecular flexibility index (Phi) is 5.00. The van der Waals surface area contributed by atoms with Crippen LogP contribution in [-0.2, 0) is 4.79 Å². The van der Waals surface area contributed by atoms with Crippen molar-refractivity contribution in [1.29, 1.82) is 5.41 Å². The van der Waals surface area contributed by atoms with E-state index in [2.05, 4.69) is 10.3 Å². The molecule has 0 aliphatic carbocycles. The SMILES string of the molecule is CC(C)Oc1ccc(C(=N)c2cc(N3CCC4(CCNC4)C3=O)ccc2N)cn1.